The average Bonchev–Trinajstić information content (AvgIpc) is 3.12. The summed E-state index contributed by atoms with van der Waals surface area (Å²) in [5, 5.41) is 21.9. The Morgan fingerprint density at radius 1 is 1.08 bits per heavy atom. The molecule has 6 heteroatoms. The minimum Gasteiger partial charge on any atom is -0.394 e. The Kier molecular flexibility index (Phi) is 3.84. The molecular formula is C18H18N4O2. The number of fused-ring (bicyclic) bond motifs is 1. The maximum absolute atomic E-state index is 9.69. The Hall–Kier alpha value is -2.57. The third-order valence-corrected chi connectivity index (χ3v) is 4.38. The van der Waals surface area contributed by atoms with Crippen molar-refractivity contribution in [3.8, 4) is 0 Å². The fourth-order valence-electron chi connectivity index (χ4n) is 3.29. The Morgan fingerprint density at radius 3 is 2.50 bits per heavy atom. The van der Waals surface area contributed by atoms with E-state index >= 15 is 0 Å². The zero-order valence-corrected chi connectivity index (χ0v) is 13.1. The zero-order valence-electron chi connectivity index (χ0n) is 13.1. The Bertz CT molecular complexity index is 806. The summed E-state index contributed by atoms with van der Waals surface area (Å²) in [5.41, 5.74) is 1.27. The third kappa shape index (κ3) is 2.50. The molecule has 0 aliphatic carbocycles. The van der Waals surface area contributed by atoms with Gasteiger partial charge in [-0.2, -0.15) is 0 Å². The minimum absolute atomic E-state index is 0.0807. The summed E-state index contributed by atoms with van der Waals surface area (Å²) in [5.74, 6) is 0.669. The van der Waals surface area contributed by atoms with Crippen molar-refractivity contribution >= 4 is 0 Å². The number of tetrazole rings is 1. The number of ether oxygens (including phenoxy) is 1. The first-order valence-corrected chi connectivity index (χ1v) is 7.96. The molecular weight excluding hydrogens is 304 g/mol. The van der Waals surface area contributed by atoms with Gasteiger partial charge in [-0.1, -0.05) is 60.7 Å². The van der Waals surface area contributed by atoms with Crippen molar-refractivity contribution in [3.05, 3.63) is 77.6 Å². The van der Waals surface area contributed by atoms with Gasteiger partial charge in [0.15, 0.2) is 11.4 Å². The van der Waals surface area contributed by atoms with Crippen molar-refractivity contribution in [2.45, 2.75) is 24.7 Å². The standard InChI is InChI=1S/C18H18N4O2/c23-13-16-12-22-17(19-20-21-22)18(24-16,15-9-5-2-6-10-15)11-14-7-3-1-4-8-14/h1-10,16,23H,11-13H2/t16-,18-/m1/s1. The van der Waals surface area contributed by atoms with Gasteiger partial charge in [0.1, 0.15) is 6.10 Å². The first-order chi connectivity index (χ1) is 11.8. The molecule has 1 aliphatic heterocycles. The van der Waals surface area contributed by atoms with Crippen LogP contribution in [0.1, 0.15) is 17.0 Å². The average molecular weight is 322 g/mol. The highest BCUT2D eigenvalue weighted by molar-refractivity contribution is 5.34. The summed E-state index contributed by atoms with van der Waals surface area (Å²) in [6, 6.07) is 20.1. The van der Waals surface area contributed by atoms with Crippen molar-refractivity contribution < 1.29 is 9.84 Å². The van der Waals surface area contributed by atoms with Gasteiger partial charge < -0.3 is 9.84 Å². The summed E-state index contributed by atoms with van der Waals surface area (Å²) in [6.45, 7) is 0.366. The van der Waals surface area contributed by atoms with Gasteiger partial charge in [0.2, 0.25) is 0 Å². The van der Waals surface area contributed by atoms with Crippen LogP contribution in [0.5, 0.6) is 0 Å². The third-order valence-electron chi connectivity index (χ3n) is 4.38. The van der Waals surface area contributed by atoms with Crippen molar-refractivity contribution in [1.29, 1.82) is 0 Å². The van der Waals surface area contributed by atoms with Crippen LogP contribution in [0.2, 0.25) is 0 Å². The van der Waals surface area contributed by atoms with Crippen LogP contribution in [0.3, 0.4) is 0 Å². The number of hydrogen-bond donors (Lipinski definition) is 1. The lowest BCUT2D eigenvalue weighted by atomic mass is 9.85. The topological polar surface area (TPSA) is 73.1 Å². The first-order valence-electron chi connectivity index (χ1n) is 7.96. The lowest BCUT2D eigenvalue weighted by Gasteiger charge is -2.40. The molecule has 6 nitrogen and oxygen atoms in total. The van der Waals surface area contributed by atoms with E-state index in [1.54, 1.807) is 4.68 Å². The highest BCUT2D eigenvalue weighted by Crippen LogP contribution is 2.39. The maximum Gasteiger partial charge on any atom is 0.188 e. The second-order valence-electron chi connectivity index (χ2n) is 5.96. The molecule has 0 saturated heterocycles. The molecule has 2 heterocycles. The van der Waals surface area contributed by atoms with Crippen molar-refractivity contribution in [2.24, 2.45) is 0 Å². The fraction of sp³-hybridized carbons (Fsp3) is 0.278. The number of rotatable bonds is 4. The molecule has 122 valence electrons. The number of aromatic nitrogens is 4. The van der Waals surface area contributed by atoms with Crippen LogP contribution in [-0.4, -0.2) is 38.0 Å². The highest BCUT2D eigenvalue weighted by Gasteiger charge is 2.46. The summed E-state index contributed by atoms with van der Waals surface area (Å²) in [4.78, 5) is 0. The van der Waals surface area contributed by atoms with Gasteiger partial charge in [0, 0.05) is 6.42 Å². The first kappa shape index (κ1) is 15.0. The molecule has 0 bridgehead atoms. The molecule has 2 atom stereocenters. The van der Waals surface area contributed by atoms with Gasteiger partial charge >= 0.3 is 0 Å². The quantitative estimate of drug-likeness (QED) is 0.789. The van der Waals surface area contributed by atoms with Crippen LogP contribution in [0.4, 0.5) is 0 Å². The zero-order chi connectivity index (χ0) is 16.4. The van der Waals surface area contributed by atoms with Gasteiger partial charge in [-0.05, 0) is 21.6 Å². The molecule has 0 radical (unpaired) electrons. The molecule has 1 N–H and O–H groups in total. The lowest BCUT2D eigenvalue weighted by Crippen LogP contribution is -2.47. The molecule has 4 rings (SSSR count). The van der Waals surface area contributed by atoms with E-state index in [2.05, 4.69) is 27.7 Å². The SMILES string of the molecule is OC[C@H]1Cn2nnnc2[C@@](Cc2ccccc2)(c2ccccc2)O1. The monoisotopic (exact) mass is 322 g/mol. The second-order valence-corrected chi connectivity index (χ2v) is 5.96. The molecule has 0 amide bonds. The van der Waals surface area contributed by atoms with Crippen LogP contribution < -0.4 is 0 Å². The summed E-state index contributed by atoms with van der Waals surface area (Å²) < 4.78 is 8.12. The Labute approximate surface area is 139 Å². The van der Waals surface area contributed by atoms with E-state index in [4.69, 9.17) is 4.74 Å². The van der Waals surface area contributed by atoms with Gasteiger partial charge in [-0.3, -0.25) is 0 Å². The summed E-state index contributed by atoms with van der Waals surface area (Å²) >= 11 is 0. The second kappa shape index (κ2) is 6.14. The van der Waals surface area contributed by atoms with Gasteiger partial charge in [0.25, 0.3) is 0 Å². The number of aliphatic hydroxyl groups excluding tert-OH is 1. The maximum atomic E-state index is 9.69. The van der Waals surface area contributed by atoms with Crippen LogP contribution in [0.15, 0.2) is 60.7 Å². The number of aliphatic hydroxyl groups is 1. The van der Waals surface area contributed by atoms with E-state index in [9.17, 15) is 5.11 Å². The van der Waals surface area contributed by atoms with Crippen LogP contribution in [0.25, 0.3) is 0 Å². The molecule has 0 saturated carbocycles. The van der Waals surface area contributed by atoms with Crippen molar-refractivity contribution in [2.75, 3.05) is 6.61 Å². The number of benzene rings is 2. The summed E-state index contributed by atoms with van der Waals surface area (Å²) in [7, 11) is 0. The van der Waals surface area contributed by atoms with Gasteiger partial charge in [-0.25, -0.2) is 4.68 Å². The van der Waals surface area contributed by atoms with Crippen LogP contribution in [-0.2, 0) is 23.3 Å². The molecule has 2 aromatic carbocycles. The van der Waals surface area contributed by atoms with E-state index in [0.29, 0.717) is 18.8 Å². The molecule has 3 aromatic rings. The molecule has 1 aromatic heterocycles. The largest absolute Gasteiger partial charge is 0.394 e. The van der Waals surface area contributed by atoms with E-state index < -0.39 is 5.60 Å². The van der Waals surface area contributed by atoms with E-state index in [0.717, 1.165) is 11.1 Å². The van der Waals surface area contributed by atoms with Crippen molar-refractivity contribution in [3.63, 3.8) is 0 Å². The highest BCUT2D eigenvalue weighted by atomic mass is 16.5. The molecule has 1 aliphatic rings. The predicted molar refractivity (Wildman–Crippen MR) is 87.1 cm³/mol. The van der Waals surface area contributed by atoms with E-state index in [-0.39, 0.29) is 12.7 Å². The summed E-state index contributed by atoms with van der Waals surface area (Å²) in [6.07, 6.45) is 0.235. The van der Waals surface area contributed by atoms with Gasteiger partial charge in [-0.15, -0.1) is 5.10 Å². The number of nitrogens with zero attached hydrogens (tertiary/aromatic N) is 4. The fourth-order valence-corrected chi connectivity index (χ4v) is 3.29. The number of hydrogen-bond acceptors (Lipinski definition) is 5. The molecule has 0 spiro atoms. The van der Waals surface area contributed by atoms with Crippen LogP contribution >= 0.6 is 0 Å². The van der Waals surface area contributed by atoms with E-state index in [1.165, 1.54) is 0 Å². The van der Waals surface area contributed by atoms with Gasteiger partial charge in [0.05, 0.1) is 13.2 Å². The molecule has 24 heavy (non-hydrogen) atoms. The molecule has 0 unspecified atom stereocenters. The lowest BCUT2D eigenvalue weighted by molar-refractivity contribution is -0.124. The van der Waals surface area contributed by atoms with Crippen LogP contribution in [0, 0.1) is 0 Å². The Morgan fingerprint density at radius 2 is 1.79 bits per heavy atom. The Balaban J connectivity index is 1.88. The normalized spacial score (nSPS) is 23.0. The predicted octanol–water partition coefficient (Wildman–Crippen LogP) is 1.55. The minimum atomic E-state index is -0.822. The molecule has 0 fully saturated rings. The van der Waals surface area contributed by atoms with E-state index in [1.807, 2.05) is 48.5 Å². The smallest absolute Gasteiger partial charge is 0.188 e. The van der Waals surface area contributed by atoms with Crippen molar-refractivity contribution in [1.82, 2.24) is 20.2 Å².